The van der Waals surface area contributed by atoms with Crippen LogP contribution in [0.15, 0.2) is 12.3 Å². The van der Waals surface area contributed by atoms with Crippen molar-refractivity contribution >= 4 is 17.5 Å². The number of anilines is 2. The molecule has 0 atom stereocenters. The first kappa shape index (κ1) is 13.3. The maximum Gasteiger partial charge on any atom is 0.344 e. The second-order valence-corrected chi connectivity index (χ2v) is 5.00. The van der Waals surface area contributed by atoms with Gasteiger partial charge >= 0.3 is 5.97 Å². The Morgan fingerprint density at radius 1 is 1.41 bits per heavy atom. The maximum absolute atomic E-state index is 12.0. The first-order chi connectivity index (χ1) is 7.72. The number of pyridine rings is 1. The zero-order valence-electron chi connectivity index (χ0n) is 10.9. The van der Waals surface area contributed by atoms with Gasteiger partial charge in [-0.3, -0.25) is 0 Å². The fraction of sp³-hybridized carbons (Fsp3) is 0.500. The average Bonchev–Trinajstić information content (AvgIpc) is 2.13. The molecule has 0 spiro atoms. The van der Waals surface area contributed by atoms with Crippen molar-refractivity contribution in [2.75, 3.05) is 24.7 Å². The molecule has 94 valence electrons. The quantitative estimate of drug-likeness (QED) is 0.793. The predicted molar refractivity (Wildman–Crippen MR) is 68.1 cm³/mol. The van der Waals surface area contributed by atoms with Crippen molar-refractivity contribution in [1.82, 2.24) is 4.98 Å². The summed E-state index contributed by atoms with van der Waals surface area (Å²) in [5.41, 5.74) is 5.94. The van der Waals surface area contributed by atoms with E-state index in [1.807, 2.05) is 20.8 Å². The third kappa shape index (κ3) is 3.34. The highest BCUT2D eigenvalue weighted by atomic mass is 16.6. The van der Waals surface area contributed by atoms with Crippen LogP contribution in [0.5, 0.6) is 0 Å². The standard InChI is InChI=1S/C12H19N3O2/c1-12(2,3)17-11(16)9-8(13)6-7-14-10(9)15(4)5/h6-7H,1-5H3,(H2,13,14). The molecule has 0 aliphatic rings. The average molecular weight is 237 g/mol. The van der Waals surface area contributed by atoms with Crippen LogP contribution < -0.4 is 10.6 Å². The highest BCUT2D eigenvalue weighted by Crippen LogP contribution is 2.24. The van der Waals surface area contributed by atoms with Crippen molar-refractivity contribution in [1.29, 1.82) is 0 Å². The summed E-state index contributed by atoms with van der Waals surface area (Å²) in [4.78, 5) is 17.9. The minimum Gasteiger partial charge on any atom is -0.456 e. The summed E-state index contributed by atoms with van der Waals surface area (Å²) in [6.07, 6.45) is 1.57. The van der Waals surface area contributed by atoms with Crippen LogP contribution in [0.1, 0.15) is 31.1 Å². The van der Waals surface area contributed by atoms with Gasteiger partial charge in [0.15, 0.2) is 0 Å². The van der Waals surface area contributed by atoms with Crippen LogP contribution in [0.3, 0.4) is 0 Å². The SMILES string of the molecule is CN(C)c1nccc(N)c1C(=O)OC(C)(C)C. The molecular formula is C12H19N3O2. The van der Waals surface area contributed by atoms with Crippen molar-refractivity contribution in [3.05, 3.63) is 17.8 Å². The van der Waals surface area contributed by atoms with Gasteiger partial charge in [0.2, 0.25) is 0 Å². The molecule has 0 amide bonds. The molecule has 17 heavy (non-hydrogen) atoms. The molecule has 0 radical (unpaired) electrons. The molecule has 1 aromatic rings. The molecule has 0 aromatic carbocycles. The number of nitrogen functional groups attached to an aromatic ring is 1. The molecule has 0 aliphatic heterocycles. The van der Waals surface area contributed by atoms with Gasteiger partial charge in [0.25, 0.3) is 0 Å². The van der Waals surface area contributed by atoms with Gasteiger partial charge in [-0.05, 0) is 26.8 Å². The first-order valence-electron chi connectivity index (χ1n) is 5.37. The third-order valence-corrected chi connectivity index (χ3v) is 1.99. The molecule has 1 aromatic heterocycles. The number of aromatic nitrogens is 1. The fourth-order valence-electron chi connectivity index (χ4n) is 1.34. The van der Waals surface area contributed by atoms with Crippen LogP contribution in [0.2, 0.25) is 0 Å². The Kier molecular flexibility index (Phi) is 3.60. The summed E-state index contributed by atoms with van der Waals surface area (Å²) >= 11 is 0. The largest absolute Gasteiger partial charge is 0.456 e. The number of carbonyl (C=O) groups excluding carboxylic acids is 1. The van der Waals surface area contributed by atoms with Gasteiger partial charge in [0, 0.05) is 20.3 Å². The summed E-state index contributed by atoms with van der Waals surface area (Å²) in [7, 11) is 3.60. The monoisotopic (exact) mass is 237 g/mol. The second kappa shape index (κ2) is 4.61. The number of nitrogens with two attached hydrogens (primary N) is 1. The van der Waals surface area contributed by atoms with Gasteiger partial charge < -0.3 is 15.4 Å². The molecule has 0 bridgehead atoms. The molecular weight excluding hydrogens is 218 g/mol. The first-order valence-corrected chi connectivity index (χ1v) is 5.37. The lowest BCUT2D eigenvalue weighted by Gasteiger charge is -2.22. The van der Waals surface area contributed by atoms with E-state index >= 15 is 0 Å². The topological polar surface area (TPSA) is 68.5 Å². The Balaban J connectivity index is 3.16. The Hall–Kier alpha value is -1.78. The number of esters is 1. The zero-order valence-corrected chi connectivity index (χ0v) is 10.9. The van der Waals surface area contributed by atoms with E-state index in [2.05, 4.69) is 4.98 Å². The van der Waals surface area contributed by atoms with Crippen LogP contribution in [-0.2, 0) is 4.74 Å². The van der Waals surface area contributed by atoms with Gasteiger partial charge in [-0.2, -0.15) is 0 Å². The molecule has 5 nitrogen and oxygen atoms in total. The van der Waals surface area contributed by atoms with E-state index in [0.29, 0.717) is 17.1 Å². The van der Waals surface area contributed by atoms with Crippen LogP contribution in [0, 0.1) is 0 Å². The van der Waals surface area contributed by atoms with E-state index in [1.54, 1.807) is 31.3 Å². The fourth-order valence-corrected chi connectivity index (χ4v) is 1.34. The summed E-state index contributed by atoms with van der Waals surface area (Å²) < 4.78 is 5.31. The van der Waals surface area contributed by atoms with Crippen LogP contribution >= 0.6 is 0 Å². The molecule has 0 saturated carbocycles. The second-order valence-electron chi connectivity index (χ2n) is 5.00. The number of hydrogen-bond acceptors (Lipinski definition) is 5. The van der Waals surface area contributed by atoms with Gasteiger partial charge in [-0.25, -0.2) is 9.78 Å². The number of nitrogens with zero attached hydrogens (tertiary/aromatic N) is 2. The number of ether oxygens (including phenoxy) is 1. The van der Waals surface area contributed by atoms with Crippen molar-refractivity contribution in [3.63, 3.8) is 0 Å². The van der Waals surface area contributed by atoms with E-state index in [4.69, 9.17) is 10.5 Å². The molecule has 1 heterocycles. The predicted octanol–water partition coefficient (Wildman–Crippen LogP) is 1.69. The van der Waals surface area contributed by atoms with Crippen molar-refractivity contribution in [3.8, 4) is 0 Å². The van der Waals surface area contributed by atoms with Crippen molar-refractivity contribution in [2.45, 2.75) is 26.4 Å². The number of rotatable bonds is 2. The van der Waals surface area contributed by atoms with Gasteiger partial charge in [-0.15, -0.1) is 0 Å². The van der Waals surface area contributed by atoms with Crippen LogP contribution in [0.25, 0.3) is 0 Å². The summed E-state index contributed by atoms with van der Waals surface area (Å²) in [5.74, 6) is 0.0612. The van der Waals surface area contributed by atoms with E-state index in [9.17, 15) is 4.79 Å². The molecule has 2 N–H and O–H groups in total. The molecule has 0 fully saturated rings. The Morgan fingerprint density at radius 3 is 2.47 bits per heavy atom. The Bertz CT molecular complexity index is 422. The zero-order chi connectivity index (χ0) is 13.2. The maximum atomic E-state index is 12.0. The van der Waals surface area contributed by atoms with E-state index in [-0.39, 0.29) is 0 Å². The lowest BCUT2D eigenvalue weighted by molar-refractivity contribution is 0.00713. The number of hydrogen-bond donors (Lipinski definition) is 1. The molecule has 0 saturated heterocycles. The normalized spacial score (nSPS) is 11.1. The lowest BCUT2D eigenvalue weighted by atomic mass is 10.1. The molecule has 0 unspecified atom stereocenters. The van der Waals surface area contributed by atoms with Gasteiger partial charge in [0.05, 0.1) is 5.69 Å². The highest BCUT2D eigenvalue weighted by Gasteiger charge is 2.24. The minimum atomic E-state index is -0.553. The third-order valence-electron chi connectivity index (χ3n) is 1.99. The lowest BCUT2D eigenvalue weighted by Crippen LogP contribution is -2.26. The number of carbonyl (C=O) groups is 1. The summed E-state index contributed by atoms with van der Waals surface area (Å²) in [5, 5.41) is 0. The summed E-state index contributed by atoms with van der Waals surface area (Å²) in [6.45, 7) is 5.44. The van der Waals surface area contributed by atoms with Crippen molar-refractivity contribution < 1.29 is 9.53 Å². The van der Waals surface area contributed by atoms with Crippen LogP contribution in [-0.4, -0.2) is 30.6 Å². The van der Waals surface area contributed by atoms with E-state index in [1.165, 1.54) is 0 Å². The van der Waals surface area contributed by atoms with Gasteiger partial charge in [-0.1, -0.05) is 0 Å². The highest BCUT2D eigenvalue weighted by molar-refractivity contribution is 6.00. The minimum absolute atomic E-state index is 0.312. The van der Waals surface area contributed by atoms with Crippen LogP contribution in [0.4, 0.5) is 11.5 Å². The Morgan fingerprint density at radius 2 is 2.00 bits per heavy atom. The smallest absolute Gasteiger partial charge is 0.344 e. The van der Waals surface area contributed by atoms with E-state index in [0.717, 1.165) is 0 Å². The Labute approximate surface area is 102 Å². The summed E-state index contributed by atoms with van der Waals surface area (Å²) in [6, 6.07) is 1.59. The van der Waals surface area contributed by atoms with Gasteiger partial charge in [0.1, 0.15) is 17.0 Å². The molecule has 0 aliphatic carbocycles. The van der Waals surface area contributed by atoms with Crippen molar-refractivity contribution in [2.24, 2.45) is 0 Å². The van der Waals surface area contributed by atoms with E-state index < -0.39 is 11.6 Å². The molecule has 5 heteroatoms. The molecule has 1 rings (SSSR count).